The summed E-state index contributed by atoms with van der Waals surface area (Å²) in [6.07, 6.45) is 2.27. The minimum Gasteiger partial charge on any atom is -0.416 e. The van der Waals surface area contributed by atoms with Gasteiger partial charge in [0.05, 0.1) is 5.25 Å². The van der Waals surface area contributed by atoms with Crippen LogP contribution in [-0.2, 0) is 4.79 Å². The van der Waals surface area contributed by atoms with E-state index in [9.17, 15) is 4.79 Å². The number of carbonyl (C=O) groups excluding carboxylic acids is 1. The fourth-order valence-electron chi connectivity index (χ4n) is 1.29. The van der Waals surface area contributed by atoms with Crippen LogP contribution in [0.1, 0.15) is 38.5 Å². The Hall–Kier alpha value is -1.04. The summed E-state index contributed by atoms with van der Waals surface area (Å²) in [4.78, 5) is 11.5. The number of thioether (sulfide) groups is 1. The van der Waals surface area contributed by atoms with Crippen molar-refractivity contribution in [3.8, 4) is 0 Å². The third-order valence-corrected chi connectivity index (χ3v) is 3.28. The largest absolute Gasteiger partial charge is 0.416 e. The second-order valence-corrected chi connectivity index (χ2v) is 5.13. The Balaban J connectivity index is 1.89. The first kappa shape index (κ1) is 11.4. The number of nitrogens with zero attached hydrogens (tertiary/aromatic N) is 2. The van der Waals surface area contributed by atoms with Gasteiger partial charge in [-0.2, -0.15) is 0 Å². The predicted octanol–water partition coefficient (Wildman–Crippen LogP) is 1.56. The van der Waals surface area contributed by atoms with E-state index in [-0.39, 0.29) is 11.2 Å². The molecule has 1 aromatic rings. The summed E-state index contributed by atoms with van der Waals surface area (Å²) in [6.45, 7) is 4.37. The molecule has 1 aliphatic carbocycles. The summed E-state index contributed by atoms with van der Waals surface area (Å²) in [5.41, 5.74) is 0. The first-order chi connectivity index (χ1) is 7.70. The highest BCUT2D eigenvalue weighted by Crippen LogP contribution is 2.40. The van der Waals surface area contributed by atoms with Crippen LogP contribution in [0.5, 0.6) is 0 Å². The molecule has 0 spiro atoms. The third-order valence-electron chi connectivity index (χ3n) is 2.35. The minimum atomic E-state index is -0.201. The molecule has 16 heavy (non-hydrogen) atoms. The molecule has 0 aliphatic heterocycles. The third kappa shape index (κ3) is 2.75. The SMILES string of the molecule is CCNC(=O)[C@@H](C)Sc1nnc(C2CC2)o1. The van der Waals surface area contributed by atoms with Crippen LogP contribution in [0.4, 0.5) is 0 Å². The fourth-order valence-corrected chi connectivity index (χ4v) is 2.00. The van der Waals surface area contributed by atoms with Gasteiger partial charge < -0.3 is 9.73 Å². The molecule has 5 nitrogen and oxygen atoms in total. The molecule has 2 rings (SSSR count). The smallest absolute Gasteiger partial charge is 0.277 e. The van der Waals surface area contributed by atoms with Crippen molar-refractivity contribution in [2.45, 2.75) is 43.1 Å². The van der Waals surface area contributed by atoms with Gasteiger partial charge in [-0.05, 0) is 26.7 Å². The lowest BCUT2D eigenvalue weighted by atomic mass is 10.4. The lowest BCUT2D eigenvalue weighted by Crippen LogP contribution is -2.30. The highest BCUT2D eigenvalue weighted by Gasteiger charge is 2.30. The number of nitrogens with one attached hydrogen (secondary N) is 1. The zero-order valence-electron chi connectivity index (χ0n) is 9.40. The maximum absolute atomic E-state index is 11.5. The van der Waals surface area contributed by atoms with Crippen molar-refractivity contribution in [2.24, 2.45) is 0 Å². The van der Waals surface area contributed by atoms with Crippen LogP contribution in [0.2, 0.25) is 0 Å². The first-order valence-corrected chi connectivity index (χ1v) is 6.36. The van der Waals surface area contributed by atoms with Crippen molar-refractivity contribution >= 4 is 17.7 Å². The lowest BCUT2D eigenvalue weighted by Gasteiger charge is -2.07. The van der Waals surface area contributed by atoms with Crippen molar-refractivity contribution in [1.29, 1.82) is 0 Å². The summed E-state index contributed by atoms with van der Waals surface area (Å²) in [7, 11) is 0. The number of rotatable bonds is 5. The number of aromatic nitrogens is 2. The average Bonchev–Trinajstić information content (AvgIpc) is 3.01. The molecule has 1 fully saturated rings. The van der Waals surface area contributed by atoms with Gasteiger partial charge in [0.25, 0.3) is 5.22 Å². The number of hydrogen-bond acceptors (Lipinski definition) is 5. The second-order valence-electron chi connectivity index (χ2n) is 3.84. The van der Waals surface area contributed by atoms with Crippen molar-refractivity contribution in [1.82, 2.24) is 15.5 Å². The van der Waals surface area contributed by atoms with Gasteiger partial charge in [0.2, 0.25) is 11.8 Å². The Morgan fingerprint density at radius 3 is 3.00 bits per heavy atom. The molecule has 1 aliphatic rings. The van der Waals surface area contributed by atoms with Gasteiger partial charge in [0.15, 0.2) is 0 Å². The van der Waals surface area contributed by atoms with Crippen LogP contribution in [-0.4, -0.2) is 27.9 Å². The molecular formula is C10H15N3O2S. The molecular weight excluding hydrogens is 226 g/mol. The van der Waals surface area contributed by atoms with Crippen molar-refractivity contribution in [2.75, 3.05) is 6.54 Å². The molecule has 0 radical (unpaired) electrons. The van der Waals surface area contributed by atoms with Crippen LogP contribution < -0.4 is 5.32 Å². The highest BCUT2D eigenvalue weighted by molar-refractivity contribution is 8.00. The minimum absolute atomic E-state index is 0.00123. The molecule has 1 saturated carbocycles. The standard InChI is InChI=1S/C10H15N3O2S/c1-3-11-8(14)6(2)16-10-13-12-9(15-10)7-4-5-7/h6-7H,3-5H2,1-2H3,(H,11,14)/t6-/m1/s1. The summed E-state index contributed by atoms with van der Waals surface area (Å²) in [5, 5.41) is 10.9. The molecule has 1 N–H and O–H groups in total. The van der Waals surface area contributed by atoms with Gasteiger partial charge in [-0.25, -0.2) is 0 Å². The van der Waals surface area contributed by atoms with Gasteiger partial charge >= 0.3 is 0 Å². The molecule has 6 heteroatoms. The maximum Gasteiger partial charge on any atom is 0.277 e. The number of carbonyl (C=O) groups is 1. The first-order valence-electron chi connectivity index (χ1n) is 5.48. The quantitative estimate of drug-likeness (QED) is 0.792. The normalized spacial score (nSPS) is 17.1. The highest BCUT2D eigenvalue weighted by atomic mass is 32.2. The van der Waals surface area contributed by atoms with Crippen LogP contribution >= 0.6 is 11.8 Å². The molecule has 88 valence electrons. The van der Waals surface area contributed by atoms with E-state index in [1.165, 1.54) is 11.8 Å². The molecule has 1 heterocycles. The average molecular weight is 241 g/mol. The predicted molar refractivity (Wildman–Crippen MR) is 60.3 cm³/mol. The van der Waals surface area contributed by atoms with Crippen LogP contribution in [0.25, 0.3) is 0 Å². The Kier molecular flexibility index (Phi) is 3.48. The monoisotopic (exact) mass is 241 g/mol. The number of hydrogen-bond donors (Lipinski definition) is 1. The summed E-state index contributed by atoms with van der Waals surface area (Å²) in [5.74, 6) is 1.17. The summed E-state index contributed by atoms with van der Waals surface area (Å²) >= 11 is 1.31. The molecule has 0 bridgehead atoms. The zero-order chi connectivity index (χ0) is 11.5. The van der Waals surface area contributed by atoms with E-state index in [0.717, 1.165) is 12.8 Å². The molecule has 1 atom stereocenters. The van der Waals surface area contributed by atoms with Gasteiger partial charge in [-0.1, -0.05) is 11.8 Å². The van der Waals surface area contributed by atoms with Gasteiger partial charge in [0, 0.05) is 12.5 Å². The Labute approximate surface area is 98.4 Å². The second kappa shape index (κ2) is 4.86. The topological polar surface area (TPSA) is 68.0 Å². The van der Waals surface area contributed by atoms with E-state index in [0.29, 0.717) is 23.6 Å². The maximum atomic E-state index is 11.5. The molecule has 1 aromatic heterocycles. The van der Waals surface area contributed by atoms with E-state index in [1.54, 1.807) is 0 Å². The van der Waals surface area contributed by atoms with E-state index in [1.807, 2.05) is 13.8 Å². The van der Waals surface area contributed by atoms with E-state index >= 15 is 0 Å². The Morgan fingerprint density at radius 1 is 1.62 bits per heavy atom. The van der Waals surface area contributed by atoms with Crippen molar-refractivity contribution in [3.05, 3.63) is 5.89 Å². The van der Waals surface area contributed by atoms with E-state index < -0.39 is 0 Å². The molecule has 0 saturated heterocycles. The van der Waals surface area contributed by atoms with Gasteiger partial charge in [-0.3, -0.25) is 4.79 Å². The van der Waals surface area contributed by atoms with Crippen LogP contribution in [0, 0.1) is 0 Å². The zero-order valence-corrected chi connectivity index (χ0v) is 10.2. The Morgan fingerprint density at radius 2 is 2.38 bits per heavy atom. The Bertz CT molecular complexity index is 376. The van der Waals surface area contributed by atoms with E-state index in [2.05, 4.69) is 15.5 Å². The van der Waals surface area contributed by atoms with Crippen LogP contribution in [0.3, 0.4) is 0 Å². The van der Waals surface area contributed by atoms with Crippen molar-refractivity contribution in [3.63, 3.8) is 0 Å². The summed E-state index contributed by atoms with van der Waals surface area (Å²) < 4.78 is 5.47. The lowest BCUT2D eigenvalue weighted by molar-refractivity contribution is -0.120. The molecule has 0 aromatic carbocycles. The molecule has 1 amide bonds. The fraction of sp³-hybridized carbons (Fsp3) is 0.700. The number of amides is 1. The van der Waals surface area contributed by atoms with Gasteiger partial charge in [-0.15, -0.1) is 10.2 Å². The summed E-state index contributed by atoms with van der Waals surface area (Å²) in [6, 6.07) is 0. The van der Waals surface area contributed by atoms with E-state index in [4.69, 9.17) is 4.42 Å². The molecule has 0 unspecified atom stereocenters. The van der Waals surface area contributed by atoms with Gasteiger partial charge in [0.1, 0.15) is 0 Å². The van der Waals surface area contributed by atoms with Crippen LogP contribution in [0.15, 0.2) is 9.64 Å². The van der Waals surface area contributed by atoms with Crippen molar-refractivity contribution < 1.29 is 9.21 Å².